The maximum Gasteiger partial charge on any atom is 0.168 e. The summed E-state index contributed by atoms with van der Waals surface area (Å²) in [5.41, 5.74) is 5.23. The van der Waals surface area contributed by atoms with Crippen LogP contribution in [0.5, 0.6) is 0 Å². The molecule has 2 heterocycles. The number of hydrogen-bond acceptors (Lipinski definition) is 2. The van der Waals surface area contributed by atoms with E-state index in [9.17, 15) is 13.2 Å². The van der Waals surface area contributed by atoms with Crippen LogP contribution in [0.4, 0.5) is 13.2 Å². The molecule has 1 unspecified atom stereocenters. The summed E-state index contributed by atoms with van der Waals surface area (Å²) in [6.07, 6.45) is 3.34. The van der Waals surface area contributed by atoms with Crippen molar-refractivity contribution in [3.05, 3.63) is 113 Å². The number of rotatable bonds is 7. The van der Waals surface area contributed by atoms with E-state index in [1.165, 1.54) is 6.07 Å². The van der Waals surface area contributed by atoms with Gasteiger partial charge >= 0.3 is 0 Å². The van der Waals surface area contributed by atoms with Crippen LogP contribution in [0.2, 0.25) is 0 Å². The van der Waals surface area contributed by atoms with Crippen LogP contribution in [-0.2, 0) is 24.0 Å². The minimum atomic E-state index is -0.869. The molecule has 1 aromatic heterocycles. The van der Waals surface area contributed by atoms with Gasteiger partial charge in [0.2, 0.25) is 0 Å². The zero-order chi connectivity index (χ0) is 23.7. The molecule has 0 saturated carbocycles. The summed E-state index contributed by atoms with van der Waals surface area (Å²) in [5.74, 6) is -1.96. The van der Waals surface area contributed by atoms with Gasteiger partial charge in [0, 0.05) is 17.3 Å². The Balaban J connectivity index is 1.27. The first-order valence-corrected chi connectivity index (χ1v) is 11.5. The summed E-state index contributed by atoms with van der Waals surface area (Å²) < 4.78 is 49.0. The van der Waals surface area contributed by atoms with Crippen LogP contribution in [0.25, 0.3) is 22.4 Å². The van der Waals surface area contributed by atoms with Crippen LogP contribution in [0.15, 0.2) is 72.9 Å². The molecule has 1 saturated heterocycles. The highest BCUT2D eigenvalue weighted by Gasteiger charge is 2.27. The van der Waals surface area contributed by atoms with Crippen molar-refractivity contribution in [3.63, 3.8) is 0 Å². The molecule has 1 fully saturated rings. The van der Waals surface area contributed by atoms with E-state index in [-0.39, 0.29) is 17.5 Å². The van der Waals surface area contributed by atoms with Gasteiger partial charge in [-0.2, -0.15) is 0 Å². The lowest BCUT2D eigenvalue weighted by Crippen LogP contribution is -2.00. The Kier molecular flexibility index (Phi) is 6.20. The molecule has 1 aliphatic heterocycles. The van der Waals surface area contributed by atoms with E-state index in [1.807, 2.05) is 43.3 Å². The Labute approximate surface area is 197 Å². The van der Waals surface area contributed by atoms with Gasteiger partial charge < -0.3 is 4.74 Å². The van der Waals surface area contributed by atoms with Crippen molar-refractivity contribution in [1.29, 1.82) is 0 Å². The second-order valence-electron chi connectivity index (χ2n) is 8.56. The first-order chi connectivity index (χ1) is 16.5. The molecular weight excluding hydrogens is 435 g/mol. The molecule has 34 heavy (non-hydrogen) atoms. The molecule has 0 bridgehead atoms. The van der Waals surface area contributed by atoms with Gasteiger partial charge in [-0.1, -0.05) is 55.5 Å². The van der Waals surface area contributed by atoms with Crippen molar-refractivity contribution in [2.24, 2.45) is 0 Å². The van der Waals surface area contributed by atoms with E-state index in [0.29, 0.717) is 36.3 Å². The molecular formula is C29H24F3NO. The standard InChI is InChI=1S/C29H24F3NO/c1-2-18-6-14-26(33-16-18)24-13-10-21(28(31)29(24)32)9-5-19-3-7-20(8-4-19)22-11-12-23(25(30)15-22)27-17-34-27/h3-4,6-8,10-16,27H,2,5,9,17H2,1H3. The van der Waals surface area contributed by atoms with E-state index in [2.05, 4.69) is 4.98 Å². The highest BCUT2D eigenvalue weighted by Crippen LogP contribution is 2.34. The Morgan fingerprint density at radius 1 is 0.824 bits per heavy atom. The van der Waals surface area contributed by atoms with Gasteiger partial charge in [-0.15, -0.1) is 0 Å². The number of aryl methyl sites for hydroxylation is 3. The van der Waals surface area contributed by atoms with Crippen molar-refractivity contribution in [3.8, 4) is 22.4 Å². The average molecular weight is 460 g/mol. The fraction of sp³-hybridized carbons (Fsp3) is 0.207. The van der Waals surface area contributed by atoms with Crippen LogP contribution in [0.3, 0.4) is 0 Å². The Bertz CT molecular complexity index is 1310. The van der Waals surface area contributed by atoms with Crippen molar-refractivity contribution in [2.45, 2.75) is 32.3 Å². The number of pyridine rings is 1. The summed E-state index contributed by atoms with van der Waals surface area (Å²) in [5, 5.41) is 0. The fourth-order valence-electron chi connectivity index (χ4n) is 4.11. The van der Waals surface area contributed by atoms with Crippen molar-refractivity contribution in [1.82, 2.24) is 4.98 Å². The quantitative estimate of drug-likeness (QED) is 0.272. The molecule has 0 amide bonds. The molecule has 3 aromatic carbocycles. The smallest absolute Gasteiger partial charge is 0.168 e. The molecule has 0 N–H and O–H groups in total. The Hall–Kier alpha value is -3.44. The van der Waals surface area contributed by atoms with Crippen molar-refractivity contribution >= 4 is 0 Å². The van der Waals surface area contributed by atoms with E-state index in [4.69, 9.17) is 4.74 Å². The number of hydrogen-bond donors (Lipinski definition) is 0. The summed E-state index contributed by atoms with van der Waals surface area (Å²) in [7, 11) is 0. The molecule has 0 radical (unpaired) electrons. The molecule has 0 spiro atoms. The van der Waals surface area contributed by atoms with Gasteiger partial charge in [-0.05, 0) is 65.3 Å². The maximum absolute atomic E-state index is 14.8. The molecule has 0 aliphatic carbocycles. The minimum Gasteiger partial charge on any atom is -0.368 e. The van der Waals surface area contributed by atoms with Crippen LogP contribution < -0.4 is 0 Å². The van der Waals surface area contributed by atoms with Crippen LogP contribution in [0.1, 0.15) is 35.3 Å². The van der Waals surface area contributed by atoms with Gasteiger partial charge in [0.1, 0.15) is 11.9 Å². The second-order valence-corrected chi connectivity index (χ2v) is 8.56. The van der Waals surface area contributed by atoms with Gasteiger partial charge in [-0.3, -0.25) is 4.98 Å². The molecule has 5 rings (SSSR count). The lowest BCUT2D eigenvalue weighted by atomic mass is 9.98. The predicted octanol–water partition coefficient (Wildman–Crippen LogP) is 7.25. The normalized spacial score (nSPS) is 14.9. The first kappa shape index (κ1) is 22.4. The third-order valence-corrected chi connectivity index (χ3v) is 6.32. The van der Waals surface area contributed by atoms with Gasteiger partial charge in [0.05, 0.1) is 12.3 Å². The summed E-state index contributed by atoms with van der Waals surface area (Å²) in [6.45, 7) is 2.59. The third-order valence-electron chi connectivity index (χ3n) is 6.32. The van der Waals surface area contributed by atoms with Crippen molar-refractivity contribution < 1.29 is 17.9 Å². The topological polar surface area (TPSA) is 25.4 Å². The largest absolute Gasteiger partial charge is 0.368 e. The molecule has 172 valence electrons. The third kappa shape index (κ3) is 4.62. The first-order valence-electron chi connectivity index (χ1n) is 11.5. The molecule has 5 heteroatoms. The highest BCUT2D eigenvalue weighted by atomic mass is 19.2. The second kappa shape index (κ2) is 9.43. The maximum atomic E-state index is 14.8. The highest BCUT2D eigenvalue weighted by molar-refractivity contribution is 5.64. The lowest BCUT2D eigenvalue weighted by Gasteiger charge is -2.10. The molecule has 1 aliphatic rings. The van der Waals surface area contributed by atoms with Gasteiger partial charge in [0.25, 0.3) is 0 Å². The Morgan fingerprint density at radius 3 is 2.21 bits per heavy atom. The fourth-order valence-corrected chi connectivity index (χ4v) is 4.11. The molecule has 2 nitrogen and oxygen atoms in total. The number of nitrogens with zero attached hydrogens (tertiary/aromatic N) is 1. The zero-order valence-electron chi connectivity index (χ0n) is 18.8. The summed E-state index contributed by atoms with van der Waals surface area (Å²) in [6, 6.07) is 19.7. The lowest BCUT2D eigenvalue weighted by molar-refractivity contribution is 0.408. The van der Waals surface area contributed by atoms with Crippen LogP contribution >= 0.6 is 0 Å². The van der Waals surface area contributed by atoms with Crippen molar-refractivity contribution in [2.75, 3.05) is 6.61 Å². The zero-order valence-corrected chi connectivity index (χ0v) is 18.8. The predicted molar refractivity (Wildman–Crippen MR) is 127 cm³/mol. The number of halogens is 3. The Morgan fingerprint density at radius 2 is 1.56 bits per heavy atom. The molecule has 1 atom stereocenters. The average Bonchev–Trinajstić information content (AvgIpc) is 3.71. The van der Waals surface area contributed by atoms with Gasteiger partial charge in [-0.25, -0.2) is 13.2 Å². The van der Waals surface area contributed by atoms with E-state index >= 15 is 0 Å². The van der Waals surface area contributed by atoms with E-state index in [1.54, 1.807) is 30.5 Å². The number of benzene rings is 3. The number of ether oxygens (including phenoxy) is 1. The number of aromatic nitrogens is 1. The molecule has 4 aromatic rings. The van der Waals surface area contributed by atoms with Gasteiger partial charge in [0.15, 0.2) is 11.6 Å². The van der Waals surface area contributed by atoms with Crippen LogP contribution in [-0.4, -0.2) is 11.6 Å². The van der Waals surface area contributed by atoms with Crippen LogP contribution in [0, 0.1) is 17.5 Å². The number of epoxide rings is 1. The van der Waals surface area contributed by atoms with E-state index in [0.717, 1.165) is 28.7 Å². The monoisotopic (exact) mass is 459 g/mol. The SMILES string of the molecule is CCc1ccc(-c2ccc(CCc3ccc(-c4ccc(C5CO5)c(F)c4)cc3)c(F)c2F)nc1. The minimum absolute atomic E-state index is 0.117. The van der Waals surface area contributed by atoms with E-state index < -0.39 is 11.6 Å². The summed E-state index contributed by atoms with van der Waals surface area (Å²) in [4.78, 5) is 4.26. The summed E-state index contributed by atoms with van der Waals surface area (Å²) >= 11 is 0.